The molecule has 0 saturated carbocycles. The Balaban J connectivity index is 2.39. The average Bonchev–Trinajstić information content (AvgIpc) is 2.65. The van der Waals surface area contributed by atoms with Gasteiger partial charge in [0.05, 0.1) is 5.69 Å². The van der Waals surface area contributed by atoms with E-state index in [1.165, 1.54) is 0 Å². The molecule has 5 heteroatoms. The molecule has 1 aromatic heterocycles. The fraction of sp³-hybridized carbons (Fsp3) is 0.182. The lowest BCUT2D eigenvalue weighted by Gasteiger charge is -1.99. The molecule has 16 heavy (non-hydrogen) atoms. The molecule has 1 heterocycles. The second kappa shape index (κ2) is 3.66. The summed E-state index contributed by atoms with van der Waals surface area (Å²) in [4.78, 5) is 0. The zero-order chi connectivity index (χ0) is 11.8. The number of rotatable bonds is 1. The molecular weight excluding hydrogens is 217 g/mol. The van der Waals surface area contributed by atoms with Crippen LogP contribution in [0.1, 0.15) is 11.3 Å². The summed E-state index contributed by atoms with van der Waals surface area (Å²) in [6.07, 6.45) is -4.46. The molecule has 2 aromatic rings. The van der Waals surface area contributed by atoms with Gasteiger partial charge in [0.25, 0.3) is 0 Å². The van der Waals surface area contributed by atoms with Gasteiger partial charge in [-0.15, -0.1) is 0 Å². The quantitative estimate of drug-likeness (QED) is 0.793. The fourth-order valence-corrected chi connectivity index (χ4v) is 1.36. The van der Waals surface area contributed by atoms with Crippen molar-refractivity contribution in [1.29, 1.82) is 0 Å². The van der Waals surface area contributed by atoms with Gasteiger partial charge in [0.2, 0.25) is 0 Å². The Kier molecular flexibility index (Phi) is 2.46. The summed E-state index contributed by atoms with van der Waals surface area (Å²) in [7, 11) is 0. The average molecular weight is 225 g/mol. The molecule has 2 nitrogen and oxygen atoms in total. The van der Waals surface area contributed by atoms with E-state index in [2.05, 4.69) is 16.3 Å². The Bertz CT molecular complexity index is 500. The second-order valence-electron chi connectivity index (χ2n) is 3.44. The molecule has 0 spiro atoms. The molecule has 83 valence electrons. The lowest BCUT2D eigenvalue weighted by Crippen LogP contribution is -2.05. The molecule has 1 radical (unpaired) electrons. The standard InChI is InChI=1S/C11H8F3N2/c1-7-3-2-4-8(5-7)9-6-10(16-15-9)11(12,13)14/h2-5H,1H3,(H,15,16). The van der Waals surface area contributed by atoms with Crippen LogP contribution in [0.25, 0.3) is 11.3 Å². The maximum Gasteiger partial charge on any atom is 0.435 e. The zero-order valence-corrected chi connectivity index (χ0v) is 8.39. The van der Waals surface area contributed by atoms with Gasteiger partial charge in [-0.25, -0.2) is 0 Å². The molecule has 1 N–H and O–H groups in total. The van der Waals surface area contributed by atoms with Crippen LogP contribution in [0.3, 0.4) is 0 Å². The molecule has 0 aliphatic heterocycles. The van der Waals surface area contributed by atoms with E-state index in [1.807, 2.05) is 13.0 Å². The lowest BCUT2D eigenvalue weighted by molar-refractivity contribution is -0.141. The number of benzene rings is 1. The number of alkyl halides is 3. The summed E-state index contributed by atoms with van der Waals surface area (Å²) in [6.45, 7) is 1.87. The summed E-state index contributed by atoms with van der Waals surface area (Å²) >= 11 is 0. The van der Waals surface area contributed by atoms with Gasteiger partial charge in [-0.05, 0) is 13.0 Å². The maximum absolute atomic E-state index is 12.3. The minimum atomic E-state index is -4.46. The molecule has 0 aliphatic rings. The van der Waals surface area contributed by atoms with Crippen LogP contribution in [0.2, 0.25) is 0 Å². The number of hydrogen-bond donors (Lipinski definition) is 1. The molecule has 1 aromatic carbocycles. The SMILES string of the molecule is Cc1cccc(-c2[c]c(C(F)(F)F)n[nH]2)c1. The Labute approximate surface area is 90.1 Å². The van der Waals surface area contributed by atoms with E-state index < -0.39 is 11.9 Å². The number of nitrogens with one attached hydrogen (secondary N) is 1. The van der Waals surface area contributed by atoms with Crippen molar-refractivity contribution in [2.75, 3.05) is 0 Å². The van der Waals surface area contributed by atoms with Crippen LogP contribution in [-0.4, -0.2) is 10.2 Å². The van der Waals surface area contributed by atoms with Crippen LogP contribution in [0, 0.1) is 13.0 Å². The molecule has 0 saturated heterocycles. The minimum absolute atomic E-state index is 0.246. The third kappa shape index (κ3) is 2.08. The lowest BCUT2D eigenvalue weighted by atomic mass is 10.1. The Hall–Kier alpha value is -1.78. The van der Waals surface area contributed by atoms with Crippen LogP contribution < -0.4 is 0 Å². The summed E-state index contributed by atoms with van der Waals surface area (Å²) in [6, 6.07) is 9.31. The van der Waals surface area contributed by atoms with Crippen LogP contribution in [0.15, 0.2) is 24.3 Å². The normalized spacial score (nSPS) is 11.8. The van der Waals surface area contributed by atoms with Crippen molar-refractivity contribution in [2.24, 2.45) is 0 Å². The fourth-order valence-electron chi connectivity index (χ4n) is 1.36. The highest BCUT2D eigenvalue weighted by Crippen LogP contribution is 2.29. The highest BCUT2D eigenvalue weighted by molar-refractivity contribution is 5.59. The molecule has 0 fully saturated rings. The highest BCUT2D eigenvalue weighted by Gasteiger charge is 2.34. The summed E-state index contributed by atoms with van der Waals surface area (Å²) in [5, 5.41) is 5.52. The van der Waals surface area contributed by atoms with E-state index in [4.69, 9.17) is 0 Å². The van der Waals surface area contributed by atoms with Crippen LogP contribution in [0.5, 0.6) is 0 Å². The largest absolute Gasteiger partial charge is 0.435 e. The summed E-state index contributed by atoms with van der Waals surface area (Å²) in [5.41, 5.74) is 0.831. The van der Waals surface area contributed by atoms with Gasteiger partial charge in [-0.1, -0.05) is 23.8 Å². The van der Waals surface area contributed by atoms with Crippen molar-refractivity contribution >= 4 is 0 Å². The number of aryl methyl sites for hydroxylation is 1. The summed E-state index contributed by atoms with van der Waals surface area (Å²) in [5.74, 6) is 0. The predicted molar refractivity (Wildman–Crippen MR) is 52.6 cm³/mol. The maximum atomic E-state index is 12.3. The van der Waals surface area contributed by atoms with Crippen LogP contribution in [-0.2, 0) is 6.18 Å². The first-order valence-corrected chi connectivity index (χ1v) is 4.59. The topological polar surface area (TPSA) is 28.7 Å². The predicted octanol–water partition coefficient (Wildman–Crippen LogP) is 3.20. The molecule has 0 amide bonds. The summed E-state index contributed by atoms with van der Waals surface area (Å²) < 4.78 is 36.8. The molecule has 0 bridgehead atoms. The zero-order valence-electron chi connectivity index (χ0n) is 8.39. The first-order chi connectivity index (χ1) is 7.47. The first kappa shape index (κ1) is 10.7. The third-order valence-electron chi connectivity index (χ3n) is 2.10. The smallest absolute Gasteiger partial charge is 0.277 e. The van der Waals surface area contributed by atoms with Gasteiger partial charge >= 0.3 is 6.18 Å². The van der Waals surface area contributed by atoms with E-state index in [0.29, 0.717) is 5.56 Å². The van der Waals surface area contributed by atoms with Gasteiger partial charge in [-0.3, -0.25) is 5.10 Å². The van der Waals surface area contributed by atoms with Gasteiger partial charge in [0.1, 0.15) is 0 Å². The minimum Gasteiger partial charge on any atom is -0.277 e. The van der Waals surface area contributed by atoms with Crippen molar-refractivity contribution in [3.8, 4) is 11.3 Å². The monoisotopic (exact) mass is 225 g/mol. The van der Waals surface area contributed by atoms with Crippen molar-refractivity contribution < 1.29 is 13.2 Å². The van der Waals surface area contributed by atoms with Crippen molar-refractivity contribution in [3.63, 3.8) is 0 Å². The third-order valence-corrected chi connectivity index (χ3v) is 2.10. The van der Waals surface area contributed by atoms with Crippen LogP contribution >= 0.6 is 0 Å². The van der Waals surface area contributed by atoms with Crippen LogP contribution in [0.4, 0.5) is 13.2 Å². The van der Waals surface area contributed by atoms with Gasteiger partial charge < -0.3 is 0 Å². The second-order valence-corrected chi connectivity index (χ2v) is 3.44. The van der Waals surface area contributed by atoms with Gasteiger partial charge in [-0.2, -0.15) is 18.3 Å². The first-order valence-electron chi connectivity index (χ1n) is 4.59. The van der Waals surface area contributed by atoms with Crippen molar-refractivity contribution in [1.82, 2.24) is 10.2 Å². The molecule has 0 atom stereocenters. The molecule has 2 rings (SSSR count). The Morgan fingerprint density at radius 2 is 2.06 bits per heavy atom. The number of halogens is 3. The Morgan fingerprint density at radius 3 is 2.62 bits per heavy atom. The molecular formula is C11H8F3N2. The van der Waals surface area contributed by atoms with E-state index in [0.717, 1.165) is 5.56 Å². The van der Waals surface area contributed by atoms with Gasteiger partial charge in [0, 0.05) is 11.6 Å². The van der Waals surface area contributed by atoms with E-state index in [9.17, 15) is 13.2 Å². The van der Waals surface area contributed by atoms with Crippen molar-refractivity contribution in [2.45, 2.75) is 13.1 Å². The van der Waals surface area contributed by atoms with Crippen molar-refractivity contribution in [3.05, 3.63) is 41.6 Å². The van der Waals surface area contributed by atoms with E-state index in [-0.39, 0.29) is 5.69 Å². The number of nitrogens with zero attached hydrogens (tertiary/aromatic N) is 1. The van der Waals surface area contributed by atoms with E-state index in [1.54, 1.807) is 18.2 Å². The number of H-pyrrole nitrogens is 1. The Morgan fingerprint density at radius 1 is 1.31 bits per heavy atom. The number of aromatic nitrogens is 2. The molecule has 0 unspecified atom stereocenters. The highest BCUT2D eigenvalue weighted by atomic mass is 19.4. The number of hydrogen-bond acceptors (Lipinski definition) is 1. The van der Waals surface area contributed by atoms with Gasteiger partial charge in [0.15, 0.2) is 5.69 Å². The van der Waals surface area contributed by atoms with E-state index >= 15 is 0 Å². The number of aromatic amines is 1. The molecule has 0 aliphatic carbocycles.